The van der Waals surface area contributed by atoms with E-state index in [-0.39, 0.29) is 25.3 Å². The summed E-state index contributed by atoms with van der Waals surface area (Å²) in [7, 11) is 0. The van der Waals surface area contributed by atoms with Crippen molar-refractivity contribution < 1.29 is 14.9 Å². The lowest BCUT2D eigenvalue weighted by Crippen LogP contribution is -2.50. The molecule has 0 unspecified atom stereocenters. The second kappa shape index (κ2) is 11.7. The molecule has 6 nitrogen and oxygen atoms in total. The Balaban J connectivity index is 1.64. The second-order valence-electron chi connectivity index (χ2n) is 9.82. The van der Waals surface area contributed by atoms with Crippen molar-refractivity contribution in [2.24, 2.45) is 0 Å². The van der Waals surface area contributed by atoms with Crippen LogP contribution in [0.15, 0.2) is 66.7 Å². The van der Waals surface area contributed by atoms with Gasteiger partial charge in [-0.1, -0.05) is 47.5 Å². The van der Waals surface area contributed by atoms with Gasteiger partial charge in [0.05, 0.1) is 47.6 Å². The van der Waals surface area contributed by atoms with E-state index in [1.165, 1.54) is 0 Å². The van der Waals surface area contributed by atoms with Crippen LogP contribution < -0.4 is 9.64 Å². The molecule has 1 saturated heterocycles. The van der Waals surface area contributed by atoms with Gasteiger partial charge in [-0.05, 0) is 61.4 Å². The topological polar surface area (TPSA) is 80.0 Å². The predicted molar refractivity (Wildman–Crippen MR) is 147 cm³/mol. The number of hydrogen-bond donors (Lipinski definition) is 2. The average Bonchev–Trinajstić information content (AvgIpc) is 2.90. The molecule has 37 heavy (non-hydrogen) atoms. The highest BCUT2D eigenvalue weighted by Gasteiger charge is 2.33. The Morgan fingerprint density at radius 2 is 1.73 bits per heavy atom. The van der Waals surface area contributed by atoms with Crippen LogP contribution >= 0.6 is 23.2 Å². The van der Waals surface area contributed by atoms with Crippen LogP contribution in [-0.2, 0) is 0 Å². The number of aliphatic hydroxyl groups excluding tert-OH is 2. The summed E-state index contributed by atoms with van der Waals surface area (Å²) < 4.78 is 5.90. The first kappa shape index (κ1) is 27.3. The van der Waals surface area contributed by atoms with Crippen LogP contribution in [0.3, 0.4) is 0 Å². The van der Waals surface area contributed by atoms with Crippen molar-refractivity contribution in [3.05, 3.63) is 93.5 Å². The van der Waals surface area contributed by atoms with E-state index in [1.54, 1.807) is 18.2 Å². The summed E-state index contributed by atoms with van der Waals surface area (Å²) in [6.45, 7) is 5.53. The maximum absolute atomic E-state index is 10.3. The Kier molecular flexibility index (Phi) is 8.63. The highest BCUT2D eigenvalue weighted by atomic mass is 35.5. The molecular formula is C29H31Cl2N3O3. The fourth-order valence-corrected chi connectivity index (χ4v) is 5.10. The van der Waals surface area contributed by atoms with E-state index in [9.17, 15) is 10.2 Å². The first-order valence-electron chi connectivity index (χ1n) is 12.2. The standard InChI is InChI=1S/C29H31Cl2N3O3/c1-29(2,19-36)37-24-11-12-26(25(31)15-24)34-14-13-33(17-27(34)21-7-9-23(30)10-8-21)28(18-35)22-5-3-20(16-32)4-6-22/h3-12,15,27-28,35-36H,13-14,17-19H2,1-2H3/t27-,28+/m0/s1. The summed E-state index contributed by atoms with van der Waals surface area (Å²) in [6, 6.07) is 22.7. The molecule has 0 radical (unpaired) electrons. The molecule has 1 heterocycles. The predicted octanol–water partition coefficient (Wildman–Crippen LogP) is 5.61. The van der Waals surface area contributed by atoms with Crippen LogP contribution in [0.4, 0.5) is 5.69 Å². The Hall–Kier alpha value is -2.79. The van der Waals surface area contributed by atoms with E-state index >= 15 is 0 Å². The van der Waals surface area contributed by atoms with Crippen molar-refractivity contribution in [2.45, 2.75) is 31.5 Å². The molecule has 3 aromatic carbocycles. The number of halogens is 2. The van der Waals surface area contributed by atoms with Gasteiger partial charge < -0.3 is 19.8 Å². The zero-order valence-electron chi connectivity index (χ0n) is 20.9. The molecule has 1 aliphatic heterocycles. The summed E-state index contributed by atoms with van der Waals surface area (Å²) in [5.41, 5.74) is 2.81. The van der Waals surface area contributed by atoms with Gasteiger partial charge in [0.2, 0.25) is 0 Å². The number of rotatable bonds is 8. The first-order valence-corrected chi connectivity index (χ1v) is 13.0. The quantitative estimate of drug-likeness (QED) is 0.387. The number of ether oxygens (including phenoxy) is 1. The summed E-state index contributed by atoms with van der Waals surface area (Å²) in [4.78, 5) is 4.54. The van der Waals surface area contributed by atoms with Crippen LogP contribution in [0.5, 0.6) is 5.75 Å². The second-order valence-corrected chi connectivity index (χ2v) is 10.7. The van der Waals surface area contributed by atoms with Gasteiger partial charge in [0.15, 0.2) is 0 Å². The van der Waals surface area contributed by atoms with E-state index in [2.05, 4.69) is 15.9 Å². The van der Waals surface area contributed by atoms with Crippen molar-refractivity contribution >= 4 is 28.9 Å². The van der Waals surface area contributed by atoms with Gasteiger partial charge in [-0.3, -0.25) is 4.90 Å². The maximum atomic E-state index is 10.3. The van der Waals surface area contributed by atoms with E-state index in [0.29, 0.717) is 41.0 Å². The van der Waals surface area contributed by atoms with Crippen LogP contribution in [0, 0.1) is 11.3 Å². The minimum absolute atomic E-state index is 0.0350. The third kappa shape index (κ3) is 6.38. The molecule has 0 saturated carbocycles. The van der Waals surface area contributed by atoms with Gasteiger partial charge in [0, 0.05) is 30.7 Å². The van der Waals surface area contributed by atoms with Crippen molar-refractivity contribution in [3.8, 4) is 11.8 Å². The Morgan fingerprint density at radius 1 is 1.03 bits per heavy atom. The lowest BCUT2D eigenvalue weighted by Gasteiger charge is -2.46. The molecule has 0 amide bonds. The molecule has 4 rings (SSSR count). The van der Waals surface area contributed by atoms with Crippen LogP contribution in [-0.4, -0.2) is 53.6 Å². The largest absolute Gasteiger partial charge is 0.485 e. The van der Waals surface area contributed by atoms with Gasteiger partial charge in [0.25, 0.3) is 0 Å². The molecule has 3 aromatic rings. The van der Waals surface area contributed by atoms with Gasteiger partial charge in [-0.2, -0.15) is 5.26 Å². The number of aliphatic hydroxyl groups is 2. The van der Waals surface area contributed by atoms with Crippen LogP contribution in [0.2, 0.25) is 10.0 Å². The molecule has 194 valence electrons. The molecular weight excluding hydrogens is 509 g/mol. The zero-order chi connectivity index (χ0) is 26.6. The summed E-state index contributed by atoms with van der Waals surface area (Å²) in [5.74, 6) is 0.593. The van der Waals surface area contributed by atoms with Gasteiger partial charge in [0.1, 0.15) is 11.4 Å². The molecule has 1 fully saturated rings. The van der Waals surface area contributed by atoms with E-state index in [1.807, 2.05) is 62.4 Å². The molecule has 0 aliphatic carbocycles. The molecule has 2 N–H and O–H groups in total. The lowest BCUT2D eigenvalue weighted by atomic mass is 9.97. The Morgan fingerprint density at radius 3 is 2.32 bits per heavy atom. The maximum Gasteiger partial charge on any atom is 0.126 e. The number of anilines is 1. The monoisotopic (exact) mass is 539 g/mol. The number of nitriles is 1. The van der Waals surface area contributed by atoms with E-state index in [4.69, 9.17) is 33.2 Å². The number of nitrogens with zero attached hydrogens (tertiary/aromatic N) is 3. The zero-order valence-corrected chi connectivity index (χ0v) is 22.5. The summed E-state index contributed by atoms with van der Waals surface area (Å²) in [5, 5.41) is 30.3. The number of benzene rings is 3. The normalized spacial score (nSPS) is 17.3. The summed E-state index contributed by atoms with van der Waals surface area (Å²) in [6.07, 6.45) is 0. The van der Waals surface area contributed by atoms with Crippen LogP contribution in [0.1, 0.15) is 42.6 Å². The highest BCUT2D eigenvalue weighted by molar-refractivity contribution is 6.33. The van der Waals surface area contributed by atoms with E-state index in [0.717, 1.165) is 16.8 Å². The minimum Gasteiger partial charge on any atom is -0.485 e. The van der Waals surface area contributed by atoms with Gasteiger partial charge in [-0.15, -0.1) is 0 Å². The average molecular weight is 540 g/mol. The van der Waals surface area contributed by atoms with Crippen LogP contribution in [0.25, 0.3) is 0 Å². The molecule has 1 aliphatic rings. The highest BCUT2D eigenvalue weighted by Crippen LogP contribution is 2.39. The Bertz CT molecular complexity index is 1240. The molecule has 2 atom stereocenters. The molecule has 0 aromatic heterocycles. The smallest absolute Gasteiger partial charge is 0.126 e. The SMILES string of the molecule is CC(C)(CO)Oc1ccc(N2CCN([C@H](CO)c3ccc(C#N)cc3)C[C@H]2c2ccc(Cl)cc2)c(Cl)c1. The molecule has 0 bridgehead atoms. The van der Waals surface area contributed by atoms with Gasteiger partial charge in [-0.25, -0.2) is 0 Å². The lowest BCUT2D eigenvalue weighted by molar-refractivity contribution is 0.0412. The molecule has 0 spiro atoms. The van der Waals surface area contributed by atoms with Crippen molar-refractivity contribution in [3.63, 3.8) is 0 Å². The number of piperazine rings is 1. The third-order valence-electron chi connectivity index (χ3n) is 6.71. The van der Waals surface area contributed by atoms with Crippen molar-refractivity contribution in [2.75, 3.05) is 37.7 Å². The fraction of sp³-hybridized carbons (Fsp3) is 0.345. The summed E-state index contributed by atoms with van der Waals surface area (Å²) >= 11 is 13.0. The fourth-order valence-electron chi connectivity index (χ4n) is 4.69. The van der Waals surface area contributed by atoms with E-state index < -0.39 is 5.60 Å². The third-order valence-corrected chi connectivity index (χ3v) is 7.26. The Labute approximate surface area is 228 Å². The number of hydrogen-bond acceptors (Lipinski definition) is 6. The van der Waals surface area contributed by atoms with Gasteiger partial charge >= 0.3 is 0 Å². The van der Waals surface area contributed by atoms with Crippen molar-refractivity contribution in [1.82, 2.24) is 4.90 Å². The minimum atomic E-state index is -0.715. The molecule has 8 heteroatoms. The van der Waals surface area contributed by atoms with Crippen molar-refractivity contribution in [1.29, 1.82) is 5.26 Å². The first-order chi connectivity index (χ1) is 17.7.